The molecule has 2 aromatic rings. The van der Waals surface area contributed by atoms with Crippen LogP contribution in [0, 0.1) is 63.6 Å². The molecular formula is C51H73NO8S. The van der Waals surface area contributed by atoms with Crippen molar-refractivity contribution in [2.75, 3.05) is 40.1 Å². The lowest BCUT2D eigenvalue weighted by atomic mass is 9.34. The molecule has 5 fully saturated rings. The highest BCUT2D eigenvalue weighted by Gasteiger charge is 2.72. The number of benzene rings is 2. The predicted octanol–water partition coefficient (Wildman–Crippen LogP) is 9.47. The summed E-state index contributed by atoms with van der Waals surface area (Å²) in [5, 5.41) is 0. The van der Waals surface area contributed by atoms with Crippen molar-refractivity contribution in [3.63, 3.8) is 0 Å². The topological polar surface area (TPSA) is 109 Å². The van der Waals surface area contributed by atoms with Gasteiger partial charge in [-0.1, -0.05) is 108 Å². The van der Waals surface area contributed by atoms with Gasteiger partial charge in [0, 0.05) is 31.2 Å². The molecule has 4 aliphatic carbocycles. The van der Waals surface area contributed by atoms with Crippen molar-refractivity contribution in [3.8, 4) is 0 Å². The summed E-state index contributed by atoms with van der Waals surface area (Å²) in [6.07, 6.45) is 8.80. The Balaban J connectivity index is 1.10. The van der Waals surface area contributed by atoms with Gasteiger partial charge in [-0.2, -0.15) is 0 Å². The van der Waals surface area contributed by atoms with E-state index < -0.39 is 15.6 Å². The first-order valence-corrected chi connectivity index (χ1v) is 24.7. The van der Waals surface area contributed by atoms with Crippen LogP contribution < -0.4 is 4.72 Å². The molecule has 2 saturated heterocycles. The maximum atomic E-state index is 14.9. The number of nitrogens with one attached hydrogen (secondary N) is 1. The Labute approximate surface area is 366 Å². The number of esters is 1. The van der Waals surface area contributed by atoms with Crippen molar-refractivity contribution in [2.45, 2.75) is 136 Å². The number of hydrogen-bond donors (Lipinski definition) is 1. The number of carbonyl (C=O) groups is 1. The Morgan fingerprint density at radius 3 is 2.26 bits per heavy atom. The fourth-order valence-corrected chi connectivity index (χ4v) is 15.7. The summed E-state index contributed by atoms with van der Waals surface area (Å²) in [4.78, 5) is 15.1. The van der Waals surface area contributed by atoms with Gasteiger partial charge in [-0.25, -0.2) is 13.1 Å². The van der Waals surface area contributed by atoms with E-state index >= 15 is 0 Å². The fraction of sp³-hybridized carbons (Fsp3) is 0.706. The number of methoxy groups -OCH3 is 1. The zero-order valence-electron chi connectivity index (χ0n) is 38.4. The summed E-state index contributed by atoms with van der Waals surface area (Å²) in [5.74, 6) is 1.07. The third kappa shape index (κ3) is 7.39. The van der Waals surface area contributed by atoms with Crippen molar-refractivity contribution >= 4 is 16.0 Å². The zero-order valence-corrected chi connectivity index (χ0v) is 39.2. The van der Waals surface area contributed by atoms with Crippen LogP contribution in [0.3, 0.4) is 0 Å². The van der Waals surface area contributed by atoms with Gasteiger partial charge in [-0.05, 0) is 116 Å². The third-order valence-electron chi connectivity index (χ3n) is 18.3. The molecule has 2 heterocycles. The summed E-state index contributed by atoms with van der Waals surface area (Å²) in [6.45, 7) is 21.2. The van der Waals surface area contributed by atoms with Crippen LogP contribution in [-0.2, 0) is 45.1 Å². The Hall–Kier alpha value is -2.60. The molecular weight excluding hydrogens is 787 g/mol. The molecule has 9 nitrogen and oxygen atoms in total. The van der Waals surface area contributed by atoms with Gasteiger partial charge < -0.3 is 23.7 Å². The molecule has 1 N–H and O–H groups in total. The molecule has 8 rings (SSSR count). The van der Waals surface area contributed by atoms with E-state index in [4.69, 9.17) is 23.7 Å². The van der Waals surface area contributed by atoms with Gasteiger partial charge in [0.05, 0.1) is 48.4 Å². The Morgan fingerprint density at radius 2 is 1.59 bits per heavy atom. The monoisotopic (exact) mass is 860 g/mol. The normalized spacial score (nSPS) is 38.7. The van der Waals surface area contributed by atoms with Crippen LogP contribution in [-0.4, -0.2) is 72.3 Å². The molecule has 0 aromatic heterocycles. The van der Waals surface area contributed by atoms with E-state index in [1.807, 2.05) is 49.4 Å². The molecule has 6 aliphatic rings. The first kappa shape index (κ1) is 45.0. The van der Waals surface area contributed by atoms with Crippen molar-refractivity contribution in [1.29, 1.82) is 0 Å². The number of carbonyl (C=O) groups excluding carboxylic acids is 1. The van der Waals surface area contributed by atoms with Crippen LogP contribution >= 0.6 is 0 Å². The van der Waals surface area contributed by atoms with Gasteiger partial charge >= 0.3 is 5.97 Å². The van der Waals surface area contributed by atoms with Crippen molar-refractivity contribution in [1.82, 2.24) is 4.72 Å². The number of fused-ring (bicyclic) bond motifs is 3. The van der Waals surface area contributed by atoms with E-state index in [0.29, 0.717) is 62.9 Å². The van der Waals surface area contributed by atoms with Crippen LogP contribution in [0.2, 0.25) is 0 Å². The highest BCUT2D eigenvalue weighted by molar-refractivity contribution is 7.89. The maximum Gasteiger partial charge on any atom is 0.310 e. The first-order valence-electron chi connectivity index (χ1n) is 23.2. The summed E-state index contributed by atoms with van der Waals surface area (Å²) in [6, 6.07) is 17.1. The molecule has 11 atom stereocenters. The molecule has 2 aromatic carbocycles. The summed E-state index contributed by atoms with van der Waals surface area (Å²) >= 11 is 0. The summed E-state index contributed by atoms with van der Waals surface area (Å²) < 4.78 is 63.3. The smallest absolute Gasteiger partial charge is 0.310 e. The van der Waals surface area contributed by atoms with E-state index in [0.717, 1.165) is 49.7 Å². The van der Waals surface area contributed by atoms with Crippen LogP contribution in [0.15, 0.2) is 71.1 Å². The molecule has 3 saturated carbocycles. The van der Waals surface area contributed by atoms with E-state index in [-0.39, 0.29) is 69.3 Å². The second-order valence-electron chi connectivity index (χ2n) is 21.6. The number of aryl methyl sites for hydroxylation is 1. The molecule has 0 radical (unpaired) electrons. The van der Waals surface area contributed by atoms with E-state index in [1.54, 1.807) is 19.2 Å². The van der Waals surface area contributed by atoms with Gasteiger partial charge in [0.15, 0.2) is 0 Å². The minimum absolute atomic E-state index is 0.0508. The second-order valence-corrected chi connectivity index (χ2v) is 23.3. The lowest BCUT2D eigenvalue weighted by Gasteiger charge is -2.71. The molecule has 2 bridgehead atoms. The average Bonchev–Trinajstić information content (AvgIpc) is 3.23. The fourth-order valence-electron chi connectivity index (χ4n) is 14.2. The second kappa shape index (κ2) is 16.4. The van der Waals surface area contributed by atoms with Gasteiger partial charge in [-0.15, -0.1) is 0 Å². The van der Waals surface area contributed by atoms with Gasteiger partial charge in [0.25, 0.3) is 0 Å². The number of hydrogen-bond acceptors (Lipinski definition) is 8. The van der Waals surface area contributed by atoms with Crippen LogP contribution in [0.5, 0.6) is 0 Å². The lowest BCUT2D eigenvalue weighted by Crippen LogP contribution is -2.70. The van der Waals surface area contributed by atoms with Gasteiger partial charge in [0.2, 0.25) is 10.0 Å². The Morgan fingerprint density at radius 1 is 0.885 bits per heavy atom. The SMILES string of the molecule is CO[C@@H]1C[C@@]23COC[C@](C)([C@@H]2CC[C@H]2C3=CC[C@@]3(C)[C@H](C(=O)OCc4ccccc4)[C@@](C)([C@H](C)C(C)C)CC[C@]23C)[C@H]1OCC1(NS(=O)(=O)c2ccc(C)cc2)CCOCC1. The molecule has 10 heteroatoms. The van der Waals surface area contributed by atoms with Crippen molar-refractivity contribution < 1.29 is 36.9 Å². The maximum absolute atomic E-state index is 14.9. The molecule has 2 aliphatic heterocycles. The van der Waals surface area contributed by atoms with Gasteiger partial charge in [-0.3, -0.25) is 4.79 Å². The Bertz CT molecular complexity index is 2050. The number of allylic oxidation sites excluding steroid dienone is 1. The highest BCUT2D eigenvalue weighted by Crippen LogP contribution is 2.75. The number of sulfonamides is 1. The van der Waals surface area contributed by atoms with Gasteiger partial charge in [0.1, 0.15) is 6.61 Å². The largest absolute Gasteiger partial charge is 0.461 e. The molecule has 0 unspecified atom stereocenters. The van der Waals surface area contributed by atoms with Crippen molar-refractivity contribution in [2.24, 2.45) is 56.7 Å². The van der Waals surface area contributed by atoms with E-state index in [2.05, 4.69) is 59.3 Å². The lowest BCUT2D eigenvalue weighted by molar-refractivity contribution is -0.270. The quantitative estimate of drug-likeness (QED) is 0.166. The Kier molecular flexibility index (Phi) is 12.1. The van der Waals surface area contributed by atoms with Crippen LogP contribution in [0.4, 0.5) is 0 Å². The predicted molar refractivity (Wildman–Crippen MR) is 237 cm³/mol. The van der Waals surface area contributed by atoms with Crippen LogP contribution in [0.1, 0.15) is 111 Å². The molecule has 0 amide bonds. The molecule has 61 heavy (non-hydrogen) atoms. The minimum atomic E-state index is -3.81. The average molecular weight is 860 g/mol. The third-order valence-corrected chi connectivity index (χ3v) is 19.9. The zero-order chi connectivity index (χ0) is 43.6. The standard InChI is InChI=1S/C51H73NO8S/c1-34(2)36(4)46(5)23-24-48(7)39-19-20-42-47(6)31-58-33-51(42,40(39)21-22-49(48,8)43(46)45(53)59-30-37-13-11-10-12-14-37)29-41(56-9)44(47)60-32-50(25-27-57-28-26-50)52-61(54,55)38-17-15-35(3)16-18-38/h10-18,21,34,36,39,41-44,52H,19-20,22-33H2,1-9H3/t36-,39+,41-,42+,43-,44+,46-,47-,48-,49+,51+/m1/s1. The van der Waals surface area contributed by atoms with E-state index in [1.165, 1.54) is 5.57 Å². The first-order chi connectivity index (χ1) is 28.9. The number of rotatable bonds is 12. The van der Waals surface area contributed by atoms with Crippen molar-refractivity contribution in [3.05, 3.63) is 77.4 Å². The summed E-state index contributed by atoms with van der Waals surface area (Å²) in [7, 11) is -2.01. The summed E-state index contributed by atoms with van der Waals surface area (Å²) in [5.41, 5.74) is 1.48. The van der Waals surface area contributed by atoms with E-state index in [9.17, 15) is 13.2 Å². The van der Waals surface area contributed by atoms with Crippen LogP contribution in [0.25, 0.3) is 0 Å². The minimum Gasteiger partial charge on any atom is -0.461 e. The number of ether oxygens (including phenoxy) is 5. The molecule has 0 spiro atoms. The highest BCUT2D eigenvalue weighted by atomic mass is 32.2. The molecule has 336 valence electrons.